The fraction of sp³-hybridized carbons (Fsp3) is 0.333. The van der Waals surface area contributed by atoms with E-state index in [0.29, 0.717) is 49.9 Å². The molecule has 0 atom stereocenters. The molecule has 1 spiro atoms. The van der Waals surface area contributed by atoms with Crippen LogP contribution < -0.4 is 5.56 Å². The summed E-state index contributed by atoms with van der Waals surface area (Å²) in [5, 5.41) is 0.572. The summed E-state index contributed by atoms with van der Waals surface area (Å²) in [7, 11) is 0. The molecule has 0 bridgehead atoms. The zero-order valence-corrected chi connectivity index (χ0v) is 14.8. The smallest absolute Gasteiger partial charge is 0.261 e. The van der Waals surface area contributed by atoms with E-state index in [4.69, 9.17) is 14.5 Å². The number of fused-ring (bicyclic) bond motifs is 2. The Morgan fingerprint density at radius 2 is 1.85 bits per heavy atom. The van der Waals surface area contributed by atoms with E-state index in [1.807, 2.05) is 18.2 Å². The highest BCUT2D eigenvalue weighted by Crippen LogP contribution is 2.32. The van der Waals surface area contributed by atoms with Gasteiger partial charge in [0.25, 0.3) is 5.56 Å². The van der Waals surface area contributed by atoms with Crippen LogP contribution in [-0.4, -0.2) is 28.6 Å². The molecular weight excluding hydrogens is 347 g/mol. The monoisotopic (exact) mass is 366 g/mol. The van der Waals surface area contributed by atoms with Crippen molar-refractivity contribution >= 4 is 10.9 Å². The van der Waals surface area contributed by atoms with E-state index in [2.05, 4.69) is 0 Å². The number of hydrogen-bond donors (Lipinski definition) is 0. The van der Waals surface area contributed by atoms with Gasteiger partial charge < -0.3 is 9.47 Å². The zero-order valence-electron chi connectivity index (χ0n) is 14.8. The Balaban J connectivity index is 1.59. The van der Waals surface area contributed by atoms with Crippen LogP contribution in [0.2, 0.25) is 0 Å². The van der Waals surface area contributed by atoms with Gasteiger partial charge in [0.15, 0.2) is 5.79 Å². The Morgan fingerprint density at radius 1 is 1.04 bits per heavy atom. The predicted molar refractivity (Wildman–Crippen MR) is 99.0 cm³/mol. The lowest BCUT2D eigenvalue weighted by Crippen LogP contribution is -2.31. The van der Waals surface area contributed by atoms with Crippen LogP contribution >= 0.6 is 0 Å². The van der Waals surface area contributed by atoms with Crippen LogP contribution in [0, 0.1) is 5.82 Å². The summed E-state index contributed by atoms with van der Waals surface area (Å²) in [5.41, 5.74) is 2.19. The molecule has 6 heteroatoms. The Labute approximate surface area is 155 Å². The molecule has 138 valence electrons. The lowest BCUT2D eigenvalue weighted by molar-refractivity contribution is -0.165. The molecule has 1 aromatic heterocycles. The number of ether oxygens (including phenoxy) is 2. The van der Waals surface area contributed by atoms with Crippen LogP contribution in [-0.2, 0) is 22.4 Å². The minimum atomic E-state index is -0.584. The summed E-state index contributed by atoms with van der Waals surface area (Å²) >= 11 is 0. The number of aryl methyl sites for hydroxylation is 1. The Morgan fingerprint density at radius 3 is 2.67 bits per heavy atom. The molecule has 0 radical (unpaired) electrons. The Bertz CT molecular complexity index is 1090. The molecular formula is C21H19FN2O3. The van der Waals surface area contributed by atoms with Gasteiger partial charge in [-0.3, -0.25) is 9.36 Å². The molecule has 0 saturated carbocycles. The van der Waals surface area contributed by atoms with Gasteiger partial charge in [0, 0.05) is 25.8 Å². The molecule has 5 nitrogen and oxygen atoms in total. The highest BCUT2D eigenvalue weighted by molar-refractivity contribution is 5.83. The number of rotatable bonds is 1. The van der Waals surface area contributed by atoms with E-state index in [1.165, 1.54) is 12.1 Å². The van der Waals surface area contributed by atoms with E-state index in [9.17, 15) is 9.18 Å². The van der Waals surface area contributed by atoms with Crippen molar-refractivity contribution in [1.82, 2.24) is 9.55 Å². The molecule has 3 heterocycles. The number of aromatic nitrogens is 2. The van der Waals surface area contributed by atoms with Gasteiger partial charge in [0.2, 0.25) is 0 Å². The van der Waals surface area contributed by atoms with Gasteiger partial charge in [-0.05, 0) is 35.4 Å². The molecule has 0 N–H and O–H groups in total. The first-order valence-corrected chi connectivity index (χ1v) is 9.21. The summed E-state index contributed by atoms with van der Waals surface area (Å²) in [6.07, 6.45) is 1.96. The normalized spacial score (nSPS) is 18.6. The minimum Gasteiger partial charge on any atom is -0.347 e. The van der Waals surface area contributed by atoms with Crippen molar-refractivity contribution in [3.8, 4) is 11.1 Å². The van der Waals surface area contributed by atoms with Crippen molar-refractivity contribution < 1.29 is 13.9 Å². The number of benzene rings is 2. The second-order valence-corrected chi connectivity index (χ2v) is 7.08. The van der Waals surface area contributed by atoms with Crippen LogP contribution in [0.5, 0.6) is 0 Å². The molecule has 2 aliphatic rings. The molecule has 1 saturated heterocycles. The lowest BCUT2D eigenvalue weighted by atomic mass is 10.0. The molecule has 5 rings (SSSR count). The van der Waals surface area contributed by atoms with Crippen molar-refractivity contribution in [1.29, 1.82) is 0 Å². The Hall–Kier alpha value is -2.57. The van der Waals surface area contributed by atoms with Gasteiger partial charge in [-0.15, -0.1) is 0 Å². The third kappa shape index (κ3) is 2.85. The first-order chi connectivity index (χ1) is 13.1. The predicted octanol–water partition coefficient (Wildman–Crippen LogP) is 3.28. The Kier molecular flexibility index (Phi) is 3.84. The van der Waals surface area contributed by atoms with Crippen LogP contribution in [0.15, 0.2) is 47.3 Å². The van der Waals surface area contributed by atoms with Crippen LogP contribution in [0.3, 0.4) is 0 Å². The molecule has 1 fully saturated rings. The minimum absolute atomic E-state index is 0.0455. The van der Waals surface area contributed by atoms with E-state index in [0.717, 1.165) is 17.0 Å². The number of hydrogen-bond acceptors (Lipinski definition) is 4. The first-order valence-electron chi connectivity index (χ1n) is 9.21. The average molecular weight is 366 g/mol. The van der Waals surface area contributed by atoms with Crippen molar-refractivity contribution in [3.05, 3.63) is 64.5 Å². The van der Waals surface area contributed by atoms with Crippen molar-refractivity contribution in [2.75, 3.05) is 13.2 Å². The van der Waals surface area contributed by atoms with Gasteiger partial charge in [-0.25, -0.2) is 9.37 Å². The number of nitrogens with zero attached hydrogens (tertiary/aromatic N) is 2. The van der Waals surface area contributed by atoms with Crippen LogP contribution in [0.25, 0.3) is 22.0 Å². The maximum atomic E-state index is 13.6. The van der Waals surface area contributed by atoms with Gasteiger partial charge >= 0.3 is 0 Å². The van der Waals surface area contributed by atoms with Crippen LogP contribution in [0.1, 0.15) is 18.7 Å². The maximum Gasteiger partial charge on any atom is 0.261 e. The lowest BCUT2D eigenvalue weighted by Gasteiger charge is -2.24. The van der Waals surface area contributed by atoms with Crippen molar-refractivity contribution in [3.63, 3.8) is 0 Å². The summed E-state index contributed by atoms with van der Waals surface area (Å²) in [5.74, 6) is -0.122. The van der Waals surface area contributed by atoms with Gasteiger partial charge in [0.1, 0.15) is 11.6 Å². The molecule has 0 aliphatic carbocycles. The molecule has 0 unspecified atom stereocenters. The van der Waals surface area contributed by atoms with Gasteiger partial charge in [0.05, 0.1) is 24.1 Å². The largest absolute Gasteiger partial charge is 0.347 e. The maximum absolute atomic E-state index is 13.6. The summed E-state index contributed by atoms with van der Waals surface area (Å²) in [6.45, 7) is 1.72. The van der Waals surface area contributed by atoms with E-state index in [-0.39, 0.29) is 11.4 Å². The fourth-order valence-corrected chi connectivity index (χ4v) is 4.03. The van der Waals surface area contributed by atoms with Crippen molar-refractivity contribution in [2.45, 2.75) is 31.6 Å². The summed E-state index contributed by atoms with van der Waals surface area (Å²) < 4.78 is 26.9. The third-order valence-electron chi connectivity index (χ3n) is 5.45. The topological polar surface area (TPSA) is 53.4 Å². The molecule has 0 amide bonds. The highest BCUT2D eigenvalue weighted by Gasteiger charge is 2.38. The quantitative estimate of drug-likeness (QED) is 0.663. The zero-order chi connectivity index (χ0) is 18.4. The van der Waals surface area contributed by atoms with Gasteiger partial charge in [-0.1, -0.05) is 18.2 Å². The van der Waals surface area contributed by atoms with E-state index >= 15 is 0 Å². The second kappa shape index (κ2) is 6.25. The average Bonchev–Trinajstić information content (AvgIpc) is 3.06. The molecule has 2 aliphatic heterocycles. The van der Waals surface area contributed by atoms with Gasteiger partial charge in [-0.2, -0.15) is 0 Å². The fourth-order valence-electron chi connectivity index (χ4n) is 4.03. The first kappa shape index (κ1) is 16.6. The molecule has 3 aromatic rings. The van der Waals surface area contributed by atoms with Crippen molar-refractivity contribution in [2.24, 2.45) is 0 Å². The number of halogens is 1. The second-order valence-electron chi connectivity index (χ2n) is 7.08. The van der Waals surface area contributed by atoms with E-state index < -0.39 is 5.79 Å². The molecule has 27 heavy (non-hydrogen) atoms. The summed E-state index contributed by atoms with van der Waals surface area (Å²) in [4.78, 5) is 17.8. The standard InChI is InChI=1S/C21H19FN2O3/c22-16-3-1-2-14(12-16)15-4-5-17-18(13-15)23-19-6-7-21(26-10-11-27-21)8-9-24(19)20(17)25/h1-5,12-13H,6-11H2. The van der Waals surface area contributed by atoms with Crippen LogP contribution in [0.4, 0.5) is 4.39 Å². The van der Waals surface area contributed by atoms with E-state index in [1.54, 1.807) is 16.7 Å². The summed E-state index contributed by atoms with van der Waals surface area (Å²) in [6, 6.07) is 11.9. The third-order valence-corrected chi connectivity index (χ3v) is 5.45. The highest BCUT2D eigenvalue weighted by atomic mass is 19.1. The SMILES string of the molecule is O=c1c2ccc(-c3cccc(F)c3)cc2nc2n1CCC1(CC2)OCCO1. The molecule has 2 aromatic carbocycles.